The van der Waals surface area contributed by atoms with E-state index in [9.17, 15) is 13.2 Å². The summed E-state index contributed by atoms with van der Waals surface area (Å²) in [5.74, 6) is -0.0513. The van der Waals surface area contributed by atoms with Gasteiger partial charge in [0.05, 0.1) is 5.69 Å². The Morgan fingerprint density at radius 1 is 1.16 bits per heavy atom. The average Bonchev–Trinajstić information content (AvgIpc) is 2.30. The summed E-state index contributed by atoms with van der Waals surface area (Å²) in [5, 5.41) is 2.79. The summed E-state index contributed by atoms with van der Waals surface area (Å²) in [7, 11) is 0. The Bertz CT molecular complexity index is 572. The highest BCUT2D eigenvalue weighted by Crippen LogP contribution is 2.32. The molecule has 100 valence electrons. The first-order chi connectivity index (χ1) is 8.94. The first-order valence-corrected chi connectivity index (χ1v) is 5.27. The van der Waals surface area contributed by atoms with Crippen LogP contribution in [0.2, 0.25) is 0 Å². The molecule has 2 aromatic rings. The predicted octanol–water partition coefficient (Wildman–Crippen LogP) is 3.31. The van der Waals surface area contributed by atoms with Crippen molar-refractivity contribution in [3.63, 3.8) is 0 Å². The van der Waals surface area contributed by atoms with Crippen LogP contribution in [0.3, 0.4) is 0 Å². The molecule has 0 saturated carbocycles. The van der Waals surface area contributed by atoms with Gasteiger partial charge in [-0.15, -0.1) is 13.2 Å². The maximum absolute atomic E-state index is 12.2. The summed E-state index contributed by atoms with van der Waals surface area (Å²) in [4.78, 5) is 3.79. The van der Waals surface area contributed by atoms with Crippen LogP contribution < -0.4 is 15.8 Å². The zero-order valence-corrected chi connectivity index (χ0v) is 9.61. The number of halogens is 3. The summed E-state index contributed by atoms with van der Waals surface area (Å²) >= 11 is 0. The van der Waals surface area contributed by atoms with Crippen molar-refractivity contribution in [1.82, 2.24) is 4.98 Å². The maximum atomic E-state index is 12.2. The fourth-order valence-electron chi connectivity index (χ4n) is 1.47. The van der Waals surface area contributed by atoms with Gasteiger partial charge in [-0.2, -0.15) is 0 Å². The second kappa shape index (κ2) is 5.05. The molecule has 2 rings (SSSR count). The molecule has 0 atom stereocenters. The normalized spacial score (nSPS) is 11.1. The van der Waals surface area contributed by atoms with E-state index in [-0.39, 0.29) is 17.3 Å². The Labute approximate surface area is 107 Å². The van der Waals surface area contributed by atoms with Crippen molar-refractivity contribution in [3.8, 4) is 5.75 Å². The van der Waals surface area contributed by atoms with Gasteiger partial charge in [-0.3, -0.25) is 0 Å². The maximum Gasteiger partial charge on any atom is 0.573 e. The topological polar surface area (TPSA) is 60.2 Å². The van der Waals surface area contributed by atoms with E-state index in [0.29, 0.717) is 5.69 Å². The van der Waals surface area contributed by atoms with Crippen molar-refractivity contribution in [2.24, 2.45) is 0 Å². The third-order valence-electron chi connectivity index (χ3n) is 2.17. The Morgan fingerprint density at radius 2 is 1.89 bits per heavy atom. The van der Waals surface area contributed by atoms with E-state index in [1.165, 1.54) is 30.5 Å². The molecule has 0 radical (unpaired) electrons. The van der Waals surface area contributed by atoms with Gasteiger partial charge < -0.3 is 15.8 Å². The first kappa shape index (κ1) is 13.0. The SMILES string of the molecule is Nc1cc(Nc2ccccc2OC(F)(F)F)ccn1. The lowest BCUT2D eigenvalue weighted by Crippen LogP contribution is -2.17. The Hall–Kier alpha value is -2.44. The Morgan fingerprint density at radius 3 is 2.58 bits per heavy atom. The van der Waals surface area contributed by atoms with Gasteiger partial charge in [0, 0.05) is 18.0 Å². The van der Waals surface area contributed by atoms with Gasteiger partial charge in [0.1, 0.15) is 5.82 Å². The Kier molecular flexibility index (Phi) is 3.46. The van der Waals surface area contributed by atoms with Gasteiger partial charge in [-0.25, -0.2) is 4.98 Å². The fourth-order valence-corrected chi connectivity index (χ4v) is 1.47. The van der Waals surface area contributed by atoms with E-state index in [1.54, 1.807) is 12.1 Å². The second-order valence-corrected chi connectivity index (χ2v) is 3.64. The molecular weight excluding hydrogens is 259 g/mol. The van der Waals surface area contributed by atoms with Crippen LogP contribution in [0, 0.1) is 0 Å². The molecule has 0 spiro atoms. The van der Waals surface area contributed by atoms with Gasteiger partial charge >= 0.3 is 6.36 Å². The zero-order chi connectivity index (χ0) is 13.9. The number of anilines is 3. The number of para-hydroxylation sites is 2. The minimum atomic E-state index is -4.74. The number of rotatable bonds is 3. The van der Waals surface area contributed by atoms with Gasteiger partial charge in [0.15, 0.2) is 5.75 Å². The molecule has 0 bridgehead atoms. The van der Waals surface area contributed by atoms with Crippen LogP contribution in [0.1, 0.15) is 0 Å². The lowest BCUT2D eigenvalue weighted by molar-refractivity contribution is -0.274. The predicted molar refractivity (Wildman–Crippen MR) is 65.1 cm³/mol. The fraction of sp³-hybridized carbons (Fsp3) is 0.0833. The lowest BCUT2D eigenvalue weighted by Gasteiger charge is -2.14. The zero-order valence-electron chi connectivity index (χ0n) is 9.61. The van der Waals surface area contributed by atoms with Crippen molar-refractivity contribution < 1.29 is 17.9 Å². The Balaban J connectivity index is 2.25. The molecule has 4 nitrogen and oxygen atoms in total. The molecule has 3 N–H and O–H groups in total. The number of nitrogens with two attached hydrogens (primary N) is 1. The highest BCUT2D eigenvalue weighted by molar-refractivity contribution is 5.67. The number of hydrogen-bond donors (Lipinski definition) is 2. The van der Waals surface area contributed by atoms with Crippen molar-refractivity contribution >= 4 is 17.2 Å². The number of benzene rings is 1. The molecule has 0 aliphatic rings. The lowest BCUT2D eigenvalue weighted by atomic mass is 10.2. The second-order valence-electron chi connectivity index (χ2n) is 3.64. The van der Waals surface area contributed by atoms with E-state index in [1.807, 2.05) is 0 Å². The average molecular weight is 269 g/mol. The minimum Gasteiger partial charge on any atom is -0.404 e. The minimum absolute atomic E-state index is 0.186. The van der Waals surface area contributed by atoms with E-state index in [2.05, 4.69) is 15.0 Å². The van der Waals surface area contributed by atoms with Crippen LogP contribution in [0.25, 0.3) is 0 Å². The van der Waals surface area contributed by atoms with Gasteiger partial charge in [0.2, 0.25) is 0 Å². The van der Waals surface area contributed by atoms with Gasteiger partial charge in [-0.1, -0.05) is 12.1 Å². The molecule has 7 heteroatoms. The number of alkyl halides is 3. The highest BCUT2D eigenvalue weighted by atomic mass is 19.4. The number of nitrogens with one attached hydrogen (secondary N) is 1. The number of hydrogen-bond acceptors (Lipinski definition) is 4. The van der Waals surface area contributed by atoms with E-state index >= 15 is 0 Å². The molecule has 1 heterocycles. The van der Waals surface area contributed by atoms with Crippen molar-refractivity contribution in [2.75, 3.05) is 11.1 Å². The summed E-state index contributed by atoms with van der Waals surface area (Å²) < 4.78 is 40.7. The van der Waals surface area contributed by atoms with Crippen LogP contribution >= 0.6 is 0 Å². The number of pyridine rings is 1. The van der Waals surface area contributed by atoms with Crippen LogP contribution in [-0.4, -0.2) is 11.3 Å². The van der Waals surface area contributed by atoms with E-state index in [4.69, 9.17) is 5.73 Å². The van der Waals surface area contributed by atoms with Crippen LogP contribution in [0.4, 0.5) is 30.4 Å². The quantitative estimate of drug-likeness (QED) is 0.897. The third kappa shape index (κ3) is 3.77. The first-order valence-electron chi connectivity index (χ1n) is 5.27. The molecule has 0 fully saturated rings. The highest BCUT2D eigenvalue weighted by Gasteiger charge is 2.32. The van der Waals surface area contributed by atoms with Crippen molar-refractivity contribution in [1.29, 1.82) is 0 Å². The van der Waals surface area contributed by atoms with Crippen LogP contribution in [0.15, 0.2) is 42.6 Å². The molecule has 0 aliphatic carbocycles. The smallest absolute Gasteiger partial charge is 0.404 e. The molecule has 0 amide bonds. The monoisotopic (exact) mass is 269 g/mol. The van der Waals surface area contributed by atoms with Crippen LogP contribution in [0.5, 0.6) is 5.75 Å². The summed E-state index contributed by atoms with van der Waals surface area (Å²) in [6.45, 7) is 0. The molecule has 0 unspecified atom stereocenters. The molecular formula is C12H10F3N3O. The van der Waals surface area contributed by atoms with E-state index < -0.39 is 6.36 Å². The van der Waals surface area contributed by atoms with E-state index in [0.717, 1.165) is 0 Å². The molecule has 19 heavy (non-hydrogen) atoms. The number of ether oxygens (including phenoxy) is 1. The summed E-state index contributed by atoms with van der Waals surface area (Å²) in [6.07, 6.45) is -3.29. The van der Waals surface area contributed by atoms with Gasteiger partial charge in [-0.05, 0) is 18.2 Å². The summed E-state index contributed by atoms with van der Waals surface area (Å²) in [6, 6.07) is 8.83. The number of nitrogens with zero attached hydrogens (tertiary/aromatic N) is 1. The molecule has 0 aliphatic heterocycles. The van der Waals surface area contributed by atoms with Crippen LogP contribution in [-0.2, 0) is 0 Å². The third-order valence-corrected chi connectivity index (χ3v) is 2.17. The van der Waals surface area contributed by atoms with Crippen molar-refractivity contribution in [2.45, 2.75) is 6.36 Å². The standard InChI is InChI=1S/C12H10F3N3O/c13-12(14,15)19-10-4-2-1-3-9(10)18-8-5-6-17-11(16)7-8/h1-7H,(H3,16,17,18). The number of aromatic nitrogens is 1. The largest absolute Gasteiger partial charge is 0.573 e. The number of nitrogen functional groups attached to an aromatic ring is 1. The molecule has 1 aromatic carbocycles. The van der Waals surface area contributed by atoms with Gasteiger partial charge in [0.25, 0.3) is 0 Å². The summed E-state index contributed by atoms with van der Waals surface area (Å²) in [5.41, 5.74) is 6.19. The van der Waals surface area contributed by atoms with Crippen molar-refractivity contribution in [3.05, 3.63) is 42.6 Å². The molecule has 0 saturated heterocycles. The molecule has 1 aromatic heterocycles.